The highest BCUT2D eigenvalue weighted by Crippen LogP contribution is 2.22. The maximum atomic E-state index is 4.28. The SMILES string of the molecule is Cc1ncnc(Nc2ccc(C=Cc3ccc(Nc4ncnc(C)n4)cc3C)c(C)c2)n1. The van der Waals surface area contributed by atoms with Crippen LogP contribution in [0.1, 0.15) is 33.9 Å². The highest BCUT2D eigenvalue weighted by molar-refractivity contribution is 5.75. The van der Waals surface area contributed by atoms with Crippen LogP contribution in [0.25, 0.3) is 12.2 Å². The van der Waals surface area contributed by atoms with Gasteiger partial charge in [-0.2, -0.15) is 9.97 Å². The van der Waals surface area contributed by atoms with Crippen molar-refractivity contribution in [2.45, 2.75) is 27.7 Å². The summed E-state index contributed by atoms with van der Waals surface area (Å²) in [4.78, 5) is 24.9. The van der Waals surface area contributed by atoms with Crippen LogP contribution in [0, 0.1) is 27.7 Å². The largest absolute Gasteiger partial charge is 0.324 e. The lowest BCUT2D eigenvalue weighted by Crippen LogP contribution is -2.00. The third kappa shape index (κ3) is 5.28. The van der Waals surface area contributed by atoms with E-state index in [1.54, 1.807) is 0 Å². The van der Waals surface area contributed by atoms with Crippen LogP contribution < -0.4 is 10.6 Å². The fourth-order valence-corrected chi connectivity index (χ4v) is 3.20. The molecule has 0 unspecified atom stereocenters. The van der Waals surface area contributed by atoms with Crippen LogP contribution in [-0.2, 0) is 0 Å². The van der Waals surface area contributed by atoms with E-state index < -0.39 is 0 Å². The van der Waals surface area contributed by atoms with E-state index in [2.05, 4.69) is 90.8 Å². The number of hydrogen-bond acceptors (Lipinski definition) is 8. The van der Waals surface area contributed by atoms with Gasteiger partial charge in [-0.1, -0.05) is 24.3 Å². The average molecular weight is 425 g/mol. The van der Waals surface area contributed by atoms with Crippen molar-refractivity contribution in [3.05, 3.63) is 83.0 Å². The van der Waals surface area contributed by atoms with E-state index in [1.807, 2.05) is 26.0 Å². The molecule has 0 spiro atoms. The quantitative estimate of drug-likeness (QED) is 0.419. The normalized spacial score (nSPS) is 11.0. The summed E-state index contributed by atoms with van der Waals surface area (Å²) in [5.74, 6) is 2.44. The predicted octanol–water partition coefficient (Wildman–Crippen LogP) is 4.95. The minimum Gasteiger partial charge on any atom is -0.324 e. The van der Waals surface area contributed by atoms with Gasteiger partial charge in [0.2, 0.25) is 11.9 Å². The number of rotatable bonds is 6. The fraction of sp³-hybridized carbons (Fsp3) is 0.167. The standard InChI is InChI=1S/C24H24N8/c1-15-11-21(31-23-27-13-25-17(3)29-23)9-7-19(15)5-6-20-8-10-22(12-16(20)2)32-24-28-14-26-18(4)30-24/h5-14H,1-4H3,(H,25,27,29,31)(H,26,28,30,32). The van der Waals surface area contributed by atoms with E-state index >= 15 is 0 Å². The molecule has 2 aromatic heterocycles. The lowest BCUT2D eigenvalue weighted by atomic mass is 10.0. The van der Waals surface area contributed by atoms with Gasteiger partial charge in [0.15, 0.2) is 0 Å². The highest BCUT2D eigenvalue weighted by atomic mass is 15.1. The molecule has 0 saturated heterocycles. The lowest BCUT2D eigenvalue weighted by molar-refractivity contribution is 0.981. The molecule has 2 heterocycles. The average Bonchev–Trinajstić information content (AvgIpc) is 2.74. The maximum absolute atomic E-state index is 4.28. The molecule has 8 heteroatoms. The van der Waals surface area contributed by atoms with Crippen LogP contribution in [0.15, 0.2) is 49.1 Å². The zero-order valence-electron chi connectivity index (χ0n) is 18.5. The Morgan fingerprint density at radius 1 is 0.594 bits per heavy atom. The Labute approximate surface area is 187 Å². The molecule has 4 rings (SSSR count). The number of nitrogens with one attached hydrogen (secondary N) is 2. The fourth-order valence-electron chi connectivity index (χ4n) is 3.20. The van der Waals surface area contributed by atoms with Gasteiger partial charge in [0.05, 0.1) is 0 Å². The van der Waals surface area contributed by atoms with Gasteiger partial charge >= 0.3 is 0 Å². The first kappa shape index (κ1) is 21.0. The molecule has 0 amide bonds. The van der Waals surface area contributed by atoms with Gasteiger partial charge in [-0.25, -0.2) is 19.9 Å². The molecule has 8 nitrogen and oxygen atoms in total. The second-order valence-corrected chi connectivity index (χ2v) is 7.44. The van der Waals surface area contributed by atoms with Crippen molar-refractivity contribution in [3.63, 3.8) is 0 Å². The molecule has 160 valence electrons. The Balaban J connectivity index is 1.46. The molecule has 0 aliphatic heterocycles. The molecule has 0 aliphatic carbocycles. The van der Waals surface area contributed by atoms with Gasteiger partial charge < -0.3 is 10.6 Å². The summed E-state index contributed by atoms with van der Waals surface area (Å²) < 4.78 is 0. The molecule has 0 fully saturated rings. The van der Waals surface area contributed by atoms with Crippen LogP contribution >= 0.6 is 0 Å². The van der Waals surface area contributed by atoms with Crippen molar-refractivity contribution in [1.29, 1.82) is 0 Å². The van der Waals surface area contributed by atoms with Crippen LogP contribution in [0.5, 0.6) is 0 Å². The minimum absolute atomic E-state index is 0.539. The van der Waals surface area contributed by atoms with E-state index in [9.17, 15) is 0 Å². The summed E-state index contributed by atoms with van der Waals surface area (Å²) in [6, 6.07) is 12.3. The Hall–Kier alpha value is -4.20. The van der Waals surface area contributed by atoms with Crippen LogP contribution in [0.2, 0.25) is 0 Å². The van der Waals surface area contributed by atoms with Crippen LogP contribution in [0.4, 0.5) is 23.3 Å². The summed E-state index contributed by atoms with van der Waals surface area (Å²) in [6.07, 6.45) is 7.25. The molecule has 0 saturated carbocycles. The van der Waals surface area contributed by atoms with Crippen molar-refractivity contribution in [1.82, 2.24) is 29.9 Å². The molecule has 4 aromatic rings. The van der Waals surface area contributed by atoms with Gasteiger partial charge in [-0.15, -0.1) is 0 Å². The first-order valence-electron chi connectivity index (χ1n) is 10.2. The molecular weight excluding hydrogens is 400 g/mol. The van der Waals surface area contributed by atoms with Crippen LogP contribution in [-0.4, -0.2) is 29.9 Å². The summed E-state index contributed by atoms with van der Waals surface area (Å²) in [6.45, 7) is 7.84. The van der Waals surface area contributed by atoms with E-state index in [0.29, 0.717) is 23.5 Å². The van der Waals surface area contributed by atoms with Crippen molar-refractivity contribution in [2.24, 2.45) is 0 Å². The van der Waals surface area contributed by atoms with Gasteiger partial charge in [0.1, 0.15) is 24.3 Å². The molecule has 2 aromatic carbocycles. The molecule has 0 bridgehead atoms. The Kier molecular flexibility index (Phi) is 6.12. The van der Waals surface area contributed by atoms with E-state index in [0.717, 1.165) is 33.6 Å². The smallest absolute Gasteiger partial charge is 0.230 e. The number of anilines is 4. The summed E-state index contributed by atoms with van der Waals surface area (Å²) in [5.41, 5.74) is 6.46. The van der Waals surface area contributed by atoms with Crippen LogP contribution in [0.3, 0.4) is 0 Å². The van der Waals surface area contributed by atoms with Crippen molar-refractivity contribution < 1.29 is 0 Å². The number of benzene rings is 2. The predicted molar refractivity (Wildman–Crippen MR) is 127 cm³/mol. The van der Waals surface area contributed by atoms with E-state index in [-0.39, 0.29) is 0 Å². The zero-order chi connectivity index (χ0) is 22.5. The van der Waals surface area contributed by atoms with Gasteiger partial charge in [0, 0.05) is 11.4 Å². The molecule has 0 aliphatic rings. The molecule has 0 atom stereocenters. The first-order valence-corrected chi connectivity index (χ1v) is 10.2. The second kappa shape index (κ2) is 9.30. The van der Waals surface area contributed by atoms with Gasteiger partial charge in [-0.05, 0) is 74.2 Å². The summed E-state index contributed by atoms with van der Waals surface area (Å²) in [7, 11) is 0. The summed E-state index contributed by atoms with van der Waals surface area (Å²) >= 11 is 0. The number of aryl methyl sites for hydroxylation is 4. The zero-order valence-corrected chi connectivity index (χ0v) is 18.5. The van der Waals surface area contributed by atoms with E-state index in [4.69, 9.17) is 0 Å². The number of nitrogens with zero attached hydrogens (tertiary/aromatic N) is 6. The molecule has 2 N–H and O–H groups in total. The maximum Gasteiger partial charge on any atom is 0.230 e. The van der Waals surface area contributed by atoms with Crippen molar-refractivity contribution in [2.75, 3.05) is 10.6 Å². The molecular formula is C24H24N8. The minimum atomic E-state index is 0.539. The molecule has 32 heavy (non-hydrogen) atoms. The number of aromatic nitrogens is 6. The number of hydrogen-bond donors (Lipinski definition) is 2. The second-order valence-electron chi connectivity index (χ2n) is 7.44. The Bertz CT molecular complexity index is 1180. The third-order valence-electron chi connectivity index (χ3n) is 4.88. The Morgan fingerprint density at radius 2 is 1.03 bits per heavy atom. The van der Waals surface area contributed by atoms with E-state index in [1.165, 1.54) is 12.7 Å². The third-order valence-corrected chi connectivity index (χ3v) is 4.88. The van der Waals surface area contributed by atoms with Gasteiger partial charge in [0.25, 0.3) is 0 Å². The highest BCUT2D eigenvalue weighted by Gasteiger charge is 2.03. The first-order chi connectivity index (χ1) is 15.5. The lowest BCUT2D eigenvalue weighted by Gasteiger charge is -2.09. The monoisotopic (exact) mass is 424 g/mol. The summed E-state index contributed by atoms with van der Waals surface area (Å²) in [5, 5.41) is 6.44. The van der Waals surface area contributed by atoms with Crippen molar-refractivity contribution in [3.8, 4) is 0 Å². The molecule has 0 radical (unpaired) electrons. The Morgan fingerprint density at radius 3 is 1.41 bits per heavy atom. The van der Waals surface area contributed by atoms with Gasteiger partial charge in [-0.3, -0.25) is 0 Å². The van der Waals surface area contributed by atoms with Crippen molar-refractivity contribution >= 4 is 35.4 Å². The topological polar surface area (TPSA) is 101 Å².